The first kappa shape index (κ1) is 12.1. The summed E-state index contributed by atoms with van der Waals surface area (Å²) in [5.41, 5.74) is 17.2. The molecule has 0 aliphatic carbocycles. The zero-order valence-corrected chi connectivity index (χ0v) is 10.3. The van der Waals surface area contributed by atoms with E-state index in [-0.39, 0.29) is 17.4 Å². The highest BCUT2D eigenvalue weighted by Crippen LogP contribution is 2.23. The fourth-order valence-electron chi connectivity index (χ4n) is 1.76. The van der Waals surface area contributed by atoms with E-state index in [4.69, 9.17) is 16.3 Å². The lowest BCUT2D eigenvalue weighted by Gasteiger charge is -2.13. The van der Waals surface area contributed by atoms with Gasteiger partial charge in [0.1, 0.15) is 5.82 Å². The number of carbonyl (C=O) groups is 1. The quantitative estimate of drug-likeness (QED) is 0.398. The first-order valence-electron chi connectivity index (χ1n) is 5.74. The van der Waals surface area contributed by atoms with Crippen molar-refractivity contribution in [3.63, 3.8) is 0 Å². The molecular formula is C11H12N7O2+. The van der Waals surface area contributed by atoms with Gasteiger partial charge in [0.25, 0.3) is 5.91 Å². The van der Waals surface area contributed by atoms with Gasteiger partial charge in [-0.25, -0.2) is 10.4 Å². The second kappa shape index (κ2) is 4.64. The molecular weight excluding hydrogens is 262 g/mol. The number of nitrogens with one attached hydrogen (secondary N) is 1. The van der Waals surface area contributed by atoms with Crippen LogP contribution in [0.4, 0.5) is 17.2 Å². The molecule has 1 aliphatic rings. The molecule has 0 radical (unpaired) electrons. The number of nitrogen functional groups attached to an aromatic ring is 1. The molecule has 2 aromatic rings. The molecule has 1 aromatic heterocycles. The third kappa shape index (κ3) is 2.06. The first-order valence-corrected chi connectivity index (χ1v) is 5.74. The highest BCUT2D eigenvalue weighted by atomic mass is 16.7. The SMILES string of the molecule is NC(=O)c1cnc(ON2N[NH2+]c3ccccc32)nc1N. The monoisotopic (exact) mass is 274 g/mol. The summed E-state index contributed by atoms with van der Waals surface area (Å²) in [6.07, 6.45) is 1.23. The van der Waals surface area contributed by atoms with E-state index in [0.29, 0.717) is 0 Å². The molecule has 0 fully saturated rings. The first-order chi connectivity index (χ1) is 9.65. The van der Waals surface area contributed by atoms with Crippen molar-refractivity contribution in [3.05, 3.63) is 36.0 Å². The molecule has 20 heavy (non-hydrogen) atoms. The molecule has 1 amide bonds. The molecule has 7 N–H and O–H groups in total. The average molecular weight is 274 g/mol. The van der Waals surface area contributed by atoms with E-state index >= 15 is 0 Å². The predicted molar refractivity (Wildman–Crippen MR) is 69.2 cm³/mol. The van der Waals surface area contributed by atoms with Crippen LogP contribution in [0.25, 0.3) is 0 Å². The molecule has 3 rings (SSSR count). The number of hydrazine groups is 1. The average Bonchev–Trinajstić information content (AvgIpc) is 2.82. The summed E-state index contributed by atoms with van der Waals surface area (Å²) in [6, 6.07) is 7.59. The van der Waals surface area contributed by atoms with Crippen molar-refractivity contribution < 1.29 is 15.1 Å². The van der Waals surface area contributed by atoms with E-state index < -0.39 is 5.91 Å². The van der Waals surface area contributed by atoms with Crippen LogP contribution < -0.4 is 32.4 Å². The molecule has 0 saturated heterocycles. The summed E-state index contributed by atoms with van der Waals surface area (Å²) in [5.74, 6) is -0.717. The molecule has 0 spiro atoms. The second-order valence-corrected chi connectivity index (χ2v) is 4.03. The number of aromatic nitrogens is 2. The lowest BCUT2D eigenvalue weighted by Crippen LogP contribution is -2.88. The Morgan fingerprint density at radius 1 is 1.40 bits per heavy atom. The topological polar surface area (TPSA) is 136 Å². The molecule has 9 heteroatoms. The van der Waals surface area contributed by atoms with Crippen LogP contribution in [0.15, 0.2) is 30.5 Å². The van der Waals surface area contributed by atoms with E-state index in [2.05, 4.69) is 15.5 Å². The number of hydrogen-bond donors (Lipinski definition) is 4. The van der Waals surface area contributed by atoms with Crippen molar-refractivity contribution in [3.8, 4) is 6.01 Å². The number of hydrogen-bond acceptors (Lipinski definition) is 7. The van der Waals surface area contributed by atoms with Gasteiger partial charge in [-0.3, -0.25) is 4.79 Å². The van der Waals surface area contributed by atoms with Gasteiger partial charge in [-0.1, -0.05) is 17.3 Å². The molecule has 0 bridgehead atoms. The Bertz CT molecular complexity index is 676. The number of nitrogens with zero attached hydrogens (tertiary/aromatic N) is 3. The highest BCUT2D eigenvalue weighted by Gasteiger charge is 2.25. The van der Waals surface area contributed by atoms with Gasteiger partial charge >= 0.3 is 6.01 Å². The molecule has 2 heterocycles. The van der Waals surface area contributed by atoms with E-state index in [0.717, 1.165) is 11.4 Å². The van der Waals surface area contributed by atoms with Crippen LogP contribution in [0.1, 0.15) is 10.4 Å². The Morgan fingerprint density at radius 2 is 2.20 bits per heavy atom. The van der Waals surface area contributed by atoms with Crippen LogP contribution in [0.5, 0.6) is 6.01 Å². The van der Waals surface area contributed by atoms with Gasteiger partial charge < -0.3 is 16.3 Å². The van der Waals surface area contributed by atoms with Gasteiger partial charge in [0, 0.05) is 12.3 Å². The van der Waals surface area contributed by atoms with E-state index in [9.17, 15) is 4.79 Å². The van der Waals surface area contributed by atoms with Crippen molar-refractivity contribution in [2.45, 2.75) is 0 Å². The van der Waals surface area contributed by atoms with E-state index in [1.165, 1.54) is 11.4 Å². The van der Waals surface area contributed by atoms with Crippen LogP contribution in [0.3, 0.4) is 0 Å². The zero-order valence-electron chi connectivity index (χ0n) is 10.3. The van der Waals surface area contributed by atoms with Gasteiger partial charge in [0.05, 0.1) is 5.56 Å². The number of nitrogens with two attached hydrogens (primary N) is 3. The van der Waals surface area contributed by atoms with E-state index in [1.807, 2.05) is 24.3 Å². The number of anilines is 2. The van der Waals surface area contributed by atoms with Gasteiger partial charge in [0.2, 0.25) is 0 Å². The van der Waals surface area contributed by atoms with Crippen molar-refractivity contribution >= 4 is 23.1 Å². The van der Waals surface area contributed by atoms with E-state index in [1.54, 1.807) is 5.43 Å². The van der Waals surface area contributed by atoms with Crippen molar-refractivity contribution in [2.75, 3.05) is 10.9 Å². The maximum absolute atomic E-state index is 11.0. The Labute approximate surface area is 113 Å². The fraction of sp³-hybridized carbons (Fsp3) is 0. The number of fused-ring (bicyclic) bond motifs is 1. The summed E-state index contributed by atoms with van der Waals surface area (Å²) >= 11 is 0. The minimum atomic E-state index is -0.688. The number of amides is 1. The summed E-state index contributed by atoms with van der Waals surface area (Å²) in [4.78, 5) is 24.3. The third-order valence-electron chi connectivity index (χ3n) is 2.73. The zero-order chi connectivity index (χ0) is 14.1. The Kier molecular flexibility index (Phi) is 2.82. The van der Waals surface area contributed by atoms with Gasteiger partial charge in [-0.2, -0.15) is 4.98 Å². The minimum Gasteiger partial charge on any atom is -0.383 e. The van der Waals surface area contributed by atoms with Crippen LogP contribution >= 0.6 is 0 Å². The lowest BCUT2D eigenvalue weighted by molar-refractivity contribution is -0.630. The van der Waals surface area contributed by atoms with Gasteiger partial charge in [0.15, 0.2) is 11.4 Å². The molecule has 0 unspecified atom stereocenters. The van der Waals surface area contributed by atoms with Crippen LogP contribution in [-0.2, 0) is 0 Å². The largest absolute Gasteiger partial charge is 0.383 e. The number of quaternary nitrogens is 1. The highest BCUT2D eigenvalue weighted by molar-refractivity contribution is 5.96. The Morgan fingerprint density at radius 3 is 2.95 bits per heavy atom. The molecule has 1 aliphatic heterocycles. The second-order valence-electron chi connectivity index (χ2n) is 4.03. The molecule has 1 aromatic carbocycles. The number of benzene rings is 1. The van der Waals surface area contributed by atoms with Crippen molar-refractivity contribution in [2.24, 2.45) is 5.73 Å². The number of rotatable bonds is 3. The molecule has 0 saturated carbocycles. The summed E-state index contributed by atoms with van der Waals surface area (Å²) in [7, 11) is 0. The molecule has 9 nitrogen and oxygen atoms in total. The van der Waals surface area contributed by atoms with Crippen molar-refractivity contribution in [1.82, 2.24) is 15.5 Å². The maximum atomic E-state index is 11.0. The lowest BCUT2D eigenvalue weighted by atomic mass is 10.3. The third-order valence-corrected chi connectivity index (χ3v) is 2.73. The molecule has 0 atom stereocenters. The van der Waals surface area contributed by atoms with Crippen molar-refractivity contribution in [1.29, 1.82) is 0 Å². The van der Waals surface area contributed by atoms with Gasteiger partial charge in [-0.05, 0) is 11.6 Å². The van der Waals surface area contributed by atoms with Crippen LogP contribution in [-0.4, -0.2) is 15.9 Å². The van der Waals surface area contributed by atoms with Crippen LogP contribution in [0.2, 0.25) is 0 Å². The summed E-state index contributed by atoms with van der Waals surface area (Å²) in [5, 5.41) is 1.40. The number of primary amides is 1. The maximum Gasteiger partial charge on any atom is 0.347 e. The molecule has 102 valence electrons. The summed E-state index contributed by atoms with van der Waals surface area (Å²) < 4.78 is 0. The van der Waals surface area contributed by atoms with Crippen LogP contribution in [0, 0.1) is 0 Å². The van der Waals surface area contributed by atoms with Gasteiger partial charge in [-0.15, -0.1) is 0 Å². The Hall–Kier alpha value is -2.91. The Balaban J connectivity index is 1.83. The standard InChI is InChI=1S/C11H11N7O2/c12-9-6(10(13)19)5-14-11(15-9)20-18-8-4-2-1-3-7(8)16-17-18/h1-5,16-17H,(H2,13,19)(H2,12,14,15)/p+1. The predicted octanol–water partition coefficient (Wildman–Crippen LogP) is -1.41. The minimum absolute atomic E-state index is 0.00473. The summed E-state index contributed by atoms with van der Waals surface area (Å²) in [6.45, 7) is 0. The normalized spacial score (nSPS) is 13.1. The fourth-order valence-corrected chi connectivity index (χ4v) is 1.76. The smallest absolute Gasteiger partial charge is 0.347 e. The number of para-hydroxylation sites is 2. The number of carbonyl (C=O) groups excluding carboxylic acids is 1.